The molecule has 3 aliphatic rings. The van der Waals surface area contributed by atoms with Crippen LogP contribution in [0.1, 0.15) is 65.2 Å². The van der Waals surface area contributed by atoms with E-state index in [4.69, 9.17) is 52.1 Å². The van der Waals surface area contributed by atoms with Gasteiger partial charge in [-0.3, -0.25) is 10.2 Å². The summed E-state index contributed by atoms with van der Waals surface area (Å²) in [6.07, 6.45) is 19.8. The third-order valence-corrected chi connectivity index (χ3v) is 12.8. The van der Waals surface area contributed by atoms with Crippen molar-refractivity contribution in [2.45, 2.75) is 83.3 Å². The summed E-state index contributed by atoms with van der Waals surface area (Å²) < 4.78 is 0. The van der Waals surface area contributed by atoms with Gasteiger partial charge >= 0.3 is 0 Å². The van der Waals surface area contributed by atoms with Crippen molar-refractivity contribution in [2.75, 3.05) is 27.0 Å². The van der Waals surface area contributed by atoms with E-state index in [0.717, 1.165) is 85.3 Å². The quantitative estimate of drug-likeness (QED) is 0.0503. The number of halogens is 4. The lowest BCUT2D eigenvalue weighted by atomic mass is 9.93. The summed E-state index contributed by atoms with van der Waals surface area (Å²) >= 11 is 24.1. The Morgan fingerprint density at radius 2 is 1.07 bits per heavy atom. The number of hydrogen-bond donors (Lipinski definition) is 10. The van der Waals surface area contributed by atoms with E-state index in [0.29, 0.717) is 45.4 Å². The van der Waals surface area contributed by atoms with Crippen molar-refractivity contribution >= 4 is 136 Å². The molecule has 10 aromatic rings. The molecule has 0 unspecified atom stereocenters. The van der Waals surface area contributed by atoms with Crippen molar-refractivity contribution in [3.63, 3.8) is 0 Å². The molecule has 67 heavy (non-hydrogen) atoms. The molecule has 0 aliphatic heterocycles. The minimum absolute atomic E-state index is 0. The van der Waals surface area contributed by atoms with Gasteiger partial charge in [-0.15, -0.1) is 0 Å². The fraction of sp³-hybridized carbons (Fsp3) is 0.289. The summed E-state index contributed by atoms with van der Waals surface area (Å²) in [7, 11) is 0. The molecule has 0 atom stereocenters. The molecule has 11 N–H and O–H groups in total. The van der Waals surface area contributed by atoms with Crippen LogP contribution < -0.4 is 27.0 Å². The van der Waals surface area contributed by atoms with Crippen LogP contribution >= 0.6 is 46.4 Å². The van der Waals surface area contributed by atoms with Crippen molar-refractivity contribution in [2.24, 2.45) is 0 Å². The number of nitrogen functional groups attached to an aromatic ring is 1. The highest BCUT2D eigenvalue weighted by molar-refractivity contribution is 6.37. The highest BCUT2D eigenvalue weighted by Crippen LogP contribution is 2.34. The molecule has 2 aromatic carbocycles. The average molecular weight is 983 g/mol. The van der Waals surface area contributed by atoms with Crippen molar-refractivity contribution in [1.82, 2.24) is 65.3 Å². The number of nitrogens with zero attached hydrogens (tertiary/aromatic N) is 8. The first-order valence-electron chi connectivity index (χ1n) is 21.6. The Hall–Kier alpha value is -6.60. The fourth-order valence-electron chi connectivity index (χ4n) is 7.59. The maximum absolute atomic E-state index is 6.31. The molecule has 0 radical (unpaired) electrons. The molecule has 3 saturated carbocycles. The highest BCUT2D eigenvalue weighted by Gasteiger charge is 2.23. The maximum atomic E-state index is 6.31. The van der Waals surface area contributed by atoms with Gasteiger partial charge in [0.05, 0.1) is 49.6 Å². The predicted octanol–water partition coefficient (Wildman–Crippen LogP) is 11.8. The summed E-state index contributed by atoms with van der Waals surface area (Å²) in [5.41, 5.74) is 11.3. The van der Waals surface area contributed by atoms with Crippen LogP contribution in [-0.2, 0) is 0 Å². The van der Waals surface area contributed by atoms with E-state index in [9.17, 15) is 0 Å². The number of benzene rings is 2. The number of hydrogen-bond acceptors (Lipinski definition) is 13. The smallest absolute Gasteiger partial charge is 0.231 e. The van der Waals surface area contributed by atoms with Gasteiger partial charge in [0.1, 0.15) is 34.4 Å². The van der Waals surface area contributed by atoms with Crippen LogP contribution in [0.2, 0.25) is 20.6 Å². The second kappa shape index (κ2) is 20.1. The Morgan fingerprint density at radius 3 is 1.67 bits per heavy atom. The van der Waals surface area contributed by atoms with Crippen LogP contribution in [0, 0.1) is 0 Å². The minimum Gasteiger partial charge on any atom is -0.399 e. The fourth-order valence-corrected chi connectivity index (χ4v) is 8.39. The van der Waals surface area contributed by atoms with Crippen LogP contribution in [-0.4, -0.2) is 83.4 Å². The van der Waals surface area contributed by atoms with Gasteiger partial charge in [0.2, 0.25) is 16.5 Å². The number of H-pyrrole nitrogens is 5. The standard InChI is InChI=1S/C17H16ClN7.C10H10Cl2N4.C10H11ClN4.C7H7N3.CH4/c18-12-8-19-15-14(12)16(21-10-2-1-3-10)24-17(23-15)22-11-5-4-9-7-20-25-13(9)6-11;11-6-4-13-8-7(6)9(16-10(12)15-8)14-5-2-1-3-5;11-10-14-8-7(4-5-12-8)9(15-10)13-6-2-1-3-6;8-6-2-1-5-4-9-10-7(5)3-6;/h4-8,10H,1-3H2,(H,20,25)(H3,19,21,22,23,24);4-5H,1-3H2,(H2,13,14,15,16);4-6H,1-3H2,(H2,12,13,14,15);1-4H,8H2,(H,9,10);1H4. The Kier molecular flexibility index (Phi) is 13.7. The Balaban J connectivity index is 0.000000117. The van der Waals surface area contributed by atoms with Gasteiger partial charge in [-0.25, -0.2) is 4.98 Å². The van der Waals surface area contributed by atoms with Gasteiger partial charge < -0.3 is 42.0 Å². The molecular weight excluding hydrogens is 934 g/mol. The Bertz CT molecular complexity index is 3270. The van der Waals surface area contributed by atoms with E-state index in [2.05, 4.69) is 86.5 Å². The Morgan fingerprint density at radius 1 is 0.552 bits per heavy atom. The number of aromatic amines is 5. The molecule has 3 aliphatic carbocycles. The summed E-state index contributed by atoms with van der Waals surface area (Å²) in [5.74, 6) is 2.86. The number of fused-ring (bicyclic) bond motifs is 5. The molecule has 0 saturated heterocycles. The topological polar surface area (TPSA) is 256 Å². The predicted molar refractivity (Wildman–Crippen MR) is 272 cm³/mol. The van der Waals surface area contributed by atoms with Gasteiger partial charge in [0.15, 0.2) is 0 Å². The van der Waals surface area contributed by atoms with Crippen molar-refractivity contribution in [3.8, 4) is 0 Å². The number of rotatable bonds is 8. The lowest BCUT2D eigenvalue weighted by molar-refractivity contribution is 0.445. The first kappa shape index (κ1) is 45.6. The lowest BCUT2D eigenvalue weighted by Gasteiger charge is -2.27. The van der Waals surface area contributed by atoms with E-state index < -0.39 is 0 Å². The molecule has 22 heteroatoms. The van der Waals surface area contributed by atoms with Crippen molar-refractivity contribution < 1.29 is 0 Å². The number of nitrogens with two attached hydrogens (primary N) is 1. The molecule has 0 amide bonds. The zero-order valence-electron chi connectivity index (χ0n) is 35.2. The van der Waals surface area contributed by atoms with Gasteiger partial charge in [-0.1, -0.05) is 30.6 Å². The largest absolute Gasteiger partial charge is 0.399 e. The molecule has 346 valence electrons. The normalized spacial score (nSPS) is 14.7. The van der Waals surface area contributed by atoms with Crippen LogP contribution in [0.3, 0.4) is 0 Å². The van der Waals surface area contributed by atoms with E-state index in [1.54, 1.807) is 24.8 Å². The van der Waals surface area contributed by atoms with E-state index >= 15 is 0 Å². The van der Waals surface area contributed by atoms with Gasteiger partial charge in [-0.2, -0.15) is 35.1 Å². The lowest BCUT2D eigenvalue weighted by Crippen LogP contribution is -2.27. The number of nitrogens with one attached hydrogen (secondary N) is 9. The van der Waals surface area contributed by atoms with Crippen molar-refractivity contribution in [1.29, 1.82) is 0 Å². The van der Waals surface area contributed by atoms with Crippen molar-refractivity contribution in [3.05, 3.63) is 94.1 Å². The average Bonchev–Trinajstić information content (AvgIpc) is 4.12. The molecule has 0 spiro atoms. The maximum Gasteiger partial charge on any atom is 0.231 e. The monoisotopic (exact) mass is 980 g/mol. The van der Waals surface area contributed by atoms with Gasteiger partial charge in [0, 0.05) is 58.9 Å². The Labute approximate surface area is 403 Å². The van der Waals surface area contributed by atoms with Crippen LogP contribution in [0.5, 0.6) is 0 Å². The first-order valence-corrected chi connectivity index (χ1v) is 23.1. The van der Waals surface area contributed by atoms with Crippen LogP contribution in [0.4, 0.5) is 34.8 Å². The third-order valence-electron chi connectivity index (χ3n) is 11.8. The summed E-state index contributed by atoms with van der Waals surface area (Å²) in [4.78, 5) is 34.9. The molecule has 8 heterocycles. The second-order valence-corrected chi connectivity index (χ2v) is 17.9. The number of anilines is 6. The molecule has 0 bridgehead atoms. The first-order chi connectivity index (χ1) is 32.2. The van der Waals surface area contributed by atoms with Gasteiger partial charge in [0.25, 0.3) is 0 Å². The number of aromatic nitrogens is 13. The summed E-state index contributed by atoms with van der Waals surface area (Å²) in [6.45, 7) is 0. The van der Waals surface area contributed by atoms with E-state index in [1.807, 2.05) is 48.7 Å². The minimum atomic E-state index is 0. The molecule has 13 rings (SSSR count). The third kappa shape index (κ3) is 10.4. The van der Waals surface area contributed by atoms with Crippen LogP contribution in [0.25, 0.3) is 54.9 Å². The zero-order chi connectivity index (χ0) is 45.1. The highest BCUT2D eigenvalue weighted by atomic mass is 35.5. The summed E-state index contributed by atoms with van der Waals surface area (Å²) in [6, 6.07) is 15.1. The zero-order valence-corrected chi connectivity index (χ0v) is 38.2. The molecular formula is C45H48Cl4N18. The van der Waals surface area contributed by atoms with E-state index in [-0.39, 0.29) is 18.0 Å². The summed E-state index contributed by atoms with van der Waals surface area (Å²) in [5, 5.41) is 33.8. The molecule has 3 fully saturated rings. The molecule has 18 nitrogen and oxygen atoms in total. The SMILES string of the molecule is C.Clc1c[nH]c2nc(Nc3ccc4cn[nH]c4c3)nc(NC3CCC3)c12.Clc1nc(NC2CCC2)c2c(Cl)c[nH]c2n1.Clc1nc(NC2CCC2)c2cc[nH]c2n1.Nc1ccc2cn[nH]c2c1. The van der Waals surface area contributed by atoms with Gasteiger partial charge in [-0.05, 0) is 123 Å². The van der Waals surface area contributed by atoms with E-state index in [1.165, 1.54) is 44.9 Å². The molecule has 8 aromatic heterocycles. The second-order valence-electron chi connectivity index (χ2n) is 16.4. The van der Waals surface area contributed by atoms with Crippen LogP contribution in [0.15, 0.2) is 73.4 Å².